The fourth-order valence-electron chi connectivity index (χ4n) is 3.54. The first-order valence-corrected chi connectivity index (χ1v) is 9.86. The smallest absolute Gasteiger partial charge is 0.316 e. The molecule has 6 nitrogen and oxygen atoms in total. The standard InChI is InChI=1S/C22H22FN5O/c1-22(2,3)26-21-28-27-20(29-21)14-7-4-12-8-9-15(16(12)10-14)19-24-11-17(23)18(25-19)13-5-6-13/h4,7,9-11,13H,5-6,8H2,1-3H3,(H,26,28). The van der Waals surface area contributed by atoms with Crippen LogP contribution in [0.5, 0.6) is 0 Å². The minimum Gasteiger partial charge on any atom is -0.403 e. The van der Waals surface area contributed by atoms with E-state index in [9.17, 15) is 4.39 Å². The third kappa shape index (κ3) is 3.52. The van der Waals surface area contributed by atoms with E-state index in [4.69, 9.17) is 4.42 Å². The average Bonchev–Trinajstić information content (AvgIpc) is 3.27. The molecule has 0 bridgehead atoms. The van der Waals surface area contributed by atoms with Crippen LogP contribution in [-0.2, 0) is 6.42 Å². The minimum atomic E-state index is -0.312. The lowest BCUT2D eigenvalue weighted by atomic mass is 10.0. The van der Waals surface area contributed by atoms with Crippen LogP contribution in [0.25, 0.3) is 17.0 Å². The van der Waals surface area contributed by atoms with Crippen molar-refractivity contribution in [2.24, 2.45) is 0 Å². The zero-order chi connectivity index (χ0) is 20.2. The van der Waals surface area contributed by atoms with Gasteiger partial charge >= 0.3 is 6.01 Å². The Balaban J connectivity index is 1.48. The number of anilines is 1. The molecule has 1 aromatic carbocycles. The van der Waals surface area contributed by atoms with E-state index < -0.39 is 0 Å². The molecule has 0 unspecified atom stereocenters. The van der Waals surface area contributed by atoms with Gasteiger partial charge in [0.25, 0.3) is 0 Å². The number of allylic oxidation sites excluding steroid dienone is 1. The number of fused-ring (bicyclic) bond motifs is 1. The number of hydrogen-bond donors (Lipinski definition) is 1. The average molecular weight is 391 g/mol. The Hall–Kier alpha value is -3.09. The highest BCUT2D eigenvalue weighted by Crippen LogP contribution is 2.41. The molecule has 2 aliphatic rings. The summed E-state index contributed by atoms with van der Waals surface area (Å²) < 4.78 is 19.9. The molecular formula is C22H22FN5O. The van der Waals surface area contributed by atoms with E-state index >= 15 is 0 Å². The molecule has 2 aliphatic carbocycles. The molecule has 3 aromatic rings. The molecule has 1 N–H and O–H groups in total. The number of nitrogens with zero attached hydrogens (tertiary/aromatic N) is 4. The van der Waals surface area contributed by atoms with Gasteiger partial charge in [0.15, 0.2) is 11.6 Å². The quantitative estimate of drug-likeness (QED) is 0.692. The normalized spacial score (nSPS) is 15.9. The Kier molecular flexibility index (Phi) is 4.01. The zero-order valence-corrected chi connectivity index (χ0v) is 16.7. The first-order chi connectivity index (χ1) is 13.9. The Morgan fingerprint density at radius 2 is 2.00 bits per heavy atom. The summed E-state index contributed by atoms with van der Waals surface area (Å²) in [6, 6.07) is 6.44. The van der Waals surface area contributed by atoms with Crippen molar-refractivity contribution < 1.29 is 8.81 Å². The number of hydrogen-bond acceptors (Lipinski definition) is 6. The van der Waals surface area contributed by atoms with Gasteiger partial charge < -0.3 is 9.73 Å². The molecule has 0 amide bonds. The molecule has 2 heterocycles. The van der Waals surface area contributed by atoms with E-state index in [0.29, 0.717) is 23.4 Å². The SMILES string of the molecule is CC(C)(C)Nc1nnc(-c2ccc3c(c2)C(c2ncc(F)c(C4CC4)n2)=CC3)o1. The monoisotopic (exact) mass is 391 g/mol. The van der Waals surface area contributed by atoms with Crippen molar-refractivity contribution in [3.8, 4) is 11.5 Å². The van der Waals surface area contributed by atoms with Crippen molar-refractivity contribution in [2.75, 3.05) is 5.32 Å². The summed E-state index contributed by atoms with van der Waals surface area (Å²) in [4.78, 5) is 8.81. The van der Waals surface area contributed by atoms with Gasteiger partial charge in [-0.05, 0) is 63.3 Å². The van der Waals surface area contributed by atoms with Gasteiger partial charge in [-0.15, -0.1) is 5.10 Å². The van der Waals surface area contributed by atoms with E-state index in [0.717, 1.165) is 36.0 Å². The highest BCUT2D eigenvalue weighted by Gasteiger charge is 2.30. The second kappa shape index (κ2) is 6.47. The minimum absolute atomic E-state index is 0.170. The number of halogens is 1. The van der Waals surface area contributed by atoms with Gasteiger partial charge in [0.1, 0.15) is 0 Å². The predicted molar refractivity (Wildman–Crippen MR) is 108 cm³/mol. The zero-order valence-electron chi connectivity index (χ0n) is 16.7. The van der Waals surface area contributed by atoms with Crippen molar-refractivity contribution in [1.82, 2.24) is 20.2 Å². The van der Waals surface area contributed by atoms with E-state index in [1.165, 1.54) is 11.8 Å². The summed E-state index contributed by atoms with van der Waals surface area (Å²) in [7, 11) is 0. The lowest BCUT2D eigenvalue weighted by Crippen LogP contribution is -2.26. The molecule has 0 spiro atoms. The van der Waals surface area contributed by atoms with Crippen molar-refractivity contribution in [1.29, 1.82) is 0 Å². The van der Waals surface area contributed by atoms with Crippen molar-refractivity contribution in [3.63, 3.8) is 0 Å². The van der Waals surface area contributed by atoms with E-state index in [1.54, 1.807) is 0 Å². The van der Waals surface area contributed by atoms with Gasteiger partial charge in [-0.2, -0.15) is 0 Å². The summed E-state index contributed by atoms with van der Waals surface area (Å²) in [6.07, 6.45) is 6.18. The van der Waals surface area contributed by atoms with Crippen LogP contribution < -0.4 is 5.32 Å². The molecule has 7 heteroatoms. The van der Waals surface area contributed by atoms with Crippen molar-refractivity contribution in [3.05, 3.63) is 58.9 Å². The second-order valence-corrected chi connectivity index (χ2v) is 8.68. The summed E-state index contributed by atoms with van der Waals surface area (Å²) >= 11 is 0. The molecule has 1 fully saturated rings. The molecule has 0 atom stereocenters. The van der Waals surface area contributed by atoms with Crippen LogP contribution >= 0.6 is 0 Å². The fraction of sp³-hybridized carbons (Fsp3) is 0.364. The van der Waals surface area contributed by atoms with Gasteiger partial charge in [0.05, 0.1) is 11.9 Å². The fourth-order valence-corrected chi connectivity index (χ4v) is 3.54. The maximum atomic E-state index is 14.1. The van der Waals surface area contributed by atoms with Gasteiger partial charge in [0.2, 0.25) is 5.89 Å². The summed E-state index contributed by atoms with van der Waals surface area (Å²) in [5.74, 6) is 0.944. The molecule has 2 aromatic heterocycles. The lowest BCUT2D eigenvalue weighted by Gasteiger charge is -2.17. The third-order valence-corrected chi connectivity index (χ3v) is 5.06. The van der Waals surface area contributed by atoms with Crippen molar-refractivity contribution >= 4 is 11.6 Å². The second-order valence-electron chi connectivity index (χ2n) is 8.68. The number of rotatable bonds is 4. The van der Waals surface area contributed by atoms with Gasteiger partial charge in [-0.1, -0.05) is 17.2 Å². The van der Waals surface area contributed by atoms with Crippen LogP contribution in [0.1, 0.15) is 62.2 Å². The third-order valence-electron chi connectivity index (χ3n) is 5.06. The van der Waals surface area contributed by atoms with Crippen LogP contribution in [-0.4, -0.2) is 25.7 Å². The number of aromatic nitrogens is 4. The van der Waals surface area contributed by atoms with E-state index in [1.807, 2.05) is 32.9 Å². The van der Waals surface area contributed by atoms with Crippen LogP contribution in [0.2, 0.25) is 0 Å². The molecule has 1 saturated carbocycles. The molecule has 0 radical (unpaired) electrons. The first kappa shape index (κ1) is 18.0. The molecular weight excluding hydrogens is 369 g/mol. The molecule has 0 saturated heterocycles. The van der Waals surface area contributed by atoms with Crippen LogP contribution in [0.4, 0.5) is 10.4 Å². The summed E-state index contributed by atoms with van der Waals surface area (Å²) in [6.45, 7) is 6.09. The Morgan fingerprint density at radius 3 is 2.76 bits per heavy atom. The Labute approximate surface area is 168 Å². The molecule has 29 heavy (non-hydrogen) atoms. The van der Waals surface area contributed by atoms with Crippen LogP contribution in [0.15, 0.2) is 34.9 Å². The highest BCUT2D eigenvalue weighted by molar-refractivity contribution is 5.83. The molecule has 0 aliphatic heterocycles. The lowest BCUT2D eigenvalue weighted by molar-refractivity contribution is 0.538. The van der Waals surface area contributed by atoms with Gasteiger partial charge in [0, 0.05) is 22.6 Å². The summed E-state index contributed by atoms with van der Waals surface area (Å²) in [5, 5.41) is 11.4. The summed E-state index contributed by atoms with van der Waals surface area (Å²) in [5.41, 5.74) is 4.33. The van der Waals surface area contributed by atoms with Gasteiger partial charge in [-0.3, -0.25) is 0 Å². The van der Waals surface area contributed by atoms with Crippen LogP contribution in [0.3, 0.4) is 0 Å². The Morgan fingerprint density at radius 1 is 1.17 bits per heavy atom. The van der Waals surface area contributed by atoms with Gasteiger partial charge in [-0.25, -0.2) is 14.4 Å². The maximum Gasteiger partial charge on any atom is 0.316 e. The van der Waals surface area contributed by atoms with E-state index in [-0.39, 0.29) is 17.3 Å². The topological polar surface area (TPSA) is 76.7 Å². The van der Waals surface area contributed by atoms with Crippen LogP contribution in [0, 0.1) is 5.82 Å². The van der Waals surface area contributed by atoms with E-state index in [2.05, 4.69) is 37.6 Å². The highest BCUT2D eigenvalue weighted by atomic mass is 19.1. The largest absolute Gasteiger partial charge is 0.403 e. The first-order valence-electron chi connectivity index (χ1n) is 9.86. The Bertz CT molecular complexity index is 1120. The van der Waals surface area contributed by atoms with Crippen molar-refractivity contribution in [2.45, 2.75) is 51.5 Å². The molecule has 5 rings (SSSR count). The molecule has 148 valence electrons. The maximum absolute atomic E-state index is 14.1. The number of nitrogens with one attached hydrogen (secondary N) is 1. The predicted octanol–water partition coefficient (Wildman–Crippen LogP) is 4.74. The number of benzene rings is 1.